The molecular formula is C8H11N3. The van der Waals surface area contributed by atoms with E-state index in [2.05, 4.69) is 10.2 Å². The molecule has 3 nitrogen and oxygen atoms in total. The van der Waals surface area contributed by atoms with Gasteiger partial charge in [-0.2, -0.15) is 15.0 Å². The zero-order valence-corrected chi connectivity index (χ0v) is 6.73. The molecule has 0 atom stereocenters. The Morgan fingerprint density at radius 3 is 2.55 bits per heavy atom. The summed E-state index contributed by atoms with van der Waals surface area (Å²) >= 11 is 0. The minimum absolute atomic E-state index is 1.20. The Balaban J connectivity index is 2.63. The predicted octanol–water partition coefficient (Wildman–Crippen LogP) is 1.71. The Kier molecular flexibility index (Phi) is 2.60. The van der Waals surface area contributed by atoms with Gasteiger partial charge >= 0.3 is 0 Å². The maximum absolute atomic E-state index is 3.91. The minimum atomic E-state index is 1.20. The van der Waals surface area contributed by atoms with Gasteiger partial charge in [-0.1, -0.05) is 11.6 Å². The van der Waals surface area contributed by atoms with Crippen molar-refractivity contribution in [3.63, 3.8) is 0 Å². The fraction of sp³-hybridized carbons (Fsp3) is 0.250. The highest BCUT2D eigenvalue weighted by Crippen LogP contribution is 1.93. The Labute approximate surface area is 66.0 Å². The highest BCUT2D eigenvalue weighted by Gasteiger charge is 1.81. The van der Waals surface area contributed by atoms with Crippen molar-refractivity contribution in [3.8, 4) is 0 Å². The van der Waals surface area contributed by atoms with Crippen LogP contribution >= 0.6 is 0 Å². The second kappa shape index (κ2) is 3.71. The summed E-state index contributed by atoms with van der Waals surface area (Å²) in [5.41, 5.74) is 1.20. The summed E-state index contributed by atoms with van der Waals surface area (Å²) in [4.78, 5) is 1.52. The molecule has 58 valence electrons. The molecule has 1 heterocycles. The molecule has 0 spiro atoms. The molecular weight excluding hydrogens is 138 g/mol. The fourth-order valence-corrected chi connectivity index (χ4v) is 0.583. The van der Waals surface area contributed by atoms with E-state index in [-0.39, 0.29) is 0 Å². The first-order chi connectivity index (χ1) is 5.33. The van der Waals surface area contributed by atoms with Gasteiger partial charge in [0.2, 0.25) is 0 Å². The quantitative estimate of drug-likeness (QED) is 0.599. The monoisotopic (exact) mass is 149 g/mol. The summed E-state index contributed by atoms with van der Waals surface area (Å²) in [5, 5.41) is 7.83. The molecule has 0 bridgehead atoms. The van der Waals surface area contributed by atoms with Gasteiger partial charge in [0.15, 0.2) is 0 Å². The van der Waals surface area contributed by atoms with Crippen LogP contribution in [0.4, 0.5) is 0 Å². The lowest BCUT2D eigenvalue weighted by atomic mass is 10.3. The summed E-state index contributed by atoms with van der Waals surface area (Å²) < 4.78 is 0. The normalized spacial score (nSPS) is 12.7. The van der Waals surface area contributed by atoms with Gasteiger partial charge in [-0.15, -0.1) is 0 Å². The molecule has 0 aromatic carbocycles. The zero-order chi connectivity index (χ0) is 8.10. The van der Waals surface area contributed by atoms with E-state index in [9.17, 15) is 0 Å². The first kappa shape index (κ1) is 7.72. The van der Waals surface area contributed by atoms with Gasteiger partial charge in [-0.25, -0.2) is 0 Å². The third-order valence-corrected chi connectivity index (χ3v) is 1.36. The molecule has 0 aliphatic rings. The molecule has 0 unspecified atom stereocenters. The molecule has 0 aliphatic carbocycles. The van der Waals surface area contributed by atoms with E-state index in [1.807, 2.05) is 32.2 Å². The van der Waals surface area contributed by atoms with Crippen molar-refractivity contribution >= 4 is 6.20 Å². The van der Waals surface area contributed by atoms with Gasteiger partial charge in [-0.3, -0.25) is 0 Å². The Morgan fingerprint density at radius 1 is 1.36 bits per heavy atom. The molecule has 0 N–H and O–H groups in total. The molecule has 0 amide bonds. The highest BCUT2D eigenvalue weighted by atomic mass is 15.4. The fourth-order valence-electron chi connectivity index (χ4n) is 0.583. The maximum Gasteiger partial charge on any atom is 0.0697 e. The number of allylic oxidation sites excluding steroid dienone is 3. The van der Waals surface area contributed by atoms with Gasteiger partial charge in [0, 0.05) is 6.20 Å². The topological polar surface area (TPSA) is 30.7 Å². The van der Waals surface area contributed by atoms with E-state index in [1.54, 1.807) is 12.4 Å². The molecule has 0 saturated heterocycles. The molecule has 11 heavy (non-hydrogen) atoms. The first-order valence-electron chi connectivity index (χ1n) is 3.50. The summed E-state index contributed by atoms with van der Waals surface area (Å²) in [6.07, 6.45) is 9.10. The van der Waals surface area contributed by atoms with E-state index >= 15 is 0 Å². The smallest absolute Gasteiger partial charge is 0.0697 e. The van der Waals surface area contributed by atoms with Crippen LogP contribution in [0.5, 0.6) is 0 Å². The van der Waals surface area contributed by atoms with Crippen LogP contribution < -0.4 is 0 Å². The molecule has 0 radical (unpaired) electrons. The third kappa shape index (κ3) is 2.37. The highest BCUT2D eigenvalue weighted by molar-refractivity contribution is 5.29. The molecule has 1 rings (SSSR count). The number of hydrogen-bond acceptors (Lipinski definition) is 2. The lowest BCUT2D eigenvalue weighted by molar-refractivity contribution is 0.796. The number of hydrogen-bond donors (Lipinski definition) is 0. The Hall–Kier alpha value is -1.38. The van der Waals surface area contributed by atoms with E-state index in [0.29, 0.717) is 0 Å². The van der Waals surface area contributed by atoms with Crippen LogP contribution in [0.15, 0.2) is 30.1 Å². The average Bonchev–Trinajstić information content (AvgIpc) is 2.52. The average molecular weight is 149 g/mol. The van der Waals surface area contributed by atoms with Gasteiger partial charge in [0.1, 0.15) is 0 Å². The second-order valence-corrected chi connectivity index (χ2v) is 2.20. The lowest BCUT2D eigenvalue weighted by Crippen LogP contribution is -1.89. The molecule has 0 aliphatic heterocycles. The van der Waals surface area contributed by atoms with Crippen molar-refractivity contribution in [1.29, 1.82) is 0 Å². The minimum Gasteiger partial charge on any atom is -0.159 e. The van der Waals surface area contributed by atoms with Crippen molar-refractivity contribution in [2.75, 3.05) is 0 Å². The molecule has 3 heteroatoms. The van der Waals surface area contributed by atoms with Gasteiger partial charge < -0.3 is 0 Å². The standard InChI is InChI=1S/C8H11N3/c1-3-8(2)4-7-11-9-5-6-10-11/h3-7H,1-2H3/b7-4-,8-3-. The van der Waals surface area contributed by atoms with Gasteiger partial charge in [0.25, 0.3) is 0 Å². The number of nitrogens with zero attached hydrogens (tertiary/aromatic N) is 3. The Morgan fingerprint density at radius 2 is 2.00 bits per heavy atom. The van der Waals surface area contributed by atoms with E-state index < -0.39 is 0 Å². The van der Waals surface area contributed by atoms with Crippen molar-refractivity contribution in [3.05, 3.63) is 30.1 Å². The lowest BCUT2D eigenvalue weighted by Gasteiger charge is -1.88. The number of aromatic nitrogens is 3. The third-order valence-electron chi connectivity index (χ3n) is 1.36. The summed E-state index contributed by atoms with van der Waals surface area (Å²) in [6, 6.07) is 0. The van der Waals surface area contributed by atoms with E-state index in [0.717, 1.165) is 0 Å². The van der Waals surface area contributed by atoms with Crippen molar-refractivity contribution < 1.29 is 0 Å². The Bertz CT molecular complexity index is 257. The van der Waals surface area contributed by atoms with Crippen LogP contribution in [0.1, 0.15) is 13.8 Å². The van der Waals surface area contributed by atoms with Crippen molar-refractivity contribution in [2.24, 2.45) is 0 Å². The predicted molar refractivity (Wildman–Crippen MR) is 44.8 cm³/mol. The van der Waals surface area contributed by atoms with Gasteiger partial charge in [0.05, 0.1) is 12.4 Å². The van der Waals surface area contributed by atoms with Crippen molar-refractivity contribution in [2.45, 2.75) is 13.8 Å². The van der Waals surface area contributed by atoms with Crippen LogP contribution in [0.25, 0.3) is 6.20 Å². The molecule has 0 fully saturated rings. The summed E-state index contributed by atoms with van der Waals surface area (Å²) in [6.45, 7) is 4.02. The number of rotatable bonds is 2. The van der Waals surface area contributed by atoms with Crippen LogP contribution in [0, 0.1) is 0 Å². The van der Waals surface area contributed by atoms with Crippen LogP contribution in [0.3, 0.4) is 0 Å². The van der Waals surface area contributed by atoms with Crippen LogP contribution in [-0.4, -0.2) is 15.0 Å². The largest absolute Gasteiger partial charge is 0.159 e. The summed E-state index contributed by atoms with van der Waals surface area (Å²) in [7, 11) is 0. The second-order valence-electron chi connectivity index (χ2n) is 2.20. The summed E-state index contributed by atoms with van der Waals surface area (Å²) in [5.74, 6) is 0. The van der Waals surface area contributed by atoms with Crippen LogP contribution in [0.2, 0.25) is 0 Å². The van der Waals surface area contributed by atoms with E-state index in [1.165, 1.54) is 10.4 Å². The van der Waals surface area contributed by atoms with Gasteiger partial charge in [-0.05, 0) is 19.9 Å². The first-order valence-corrected chi connectivity index (χ1v) is 3.50. The maximum atomic E-state index is 3.91. The van der Waals surface area contributed by atoms with Crippen molar-refractivity contribution in [1.82, 2.24) is 15.0 Å². The SMILES string of the molecule is C/C=C(C)\C=C/n1nccn1. The zero-order valence-electron chi connectivity index (χ0n) is 6.73. The molecule has 0 saturated carbocycles. The van der Waals surface area contributed by atoms with E-state index in [4.69, 9.17) is 0 Å². The molecule has 1 aromatic rings. The van der Waals surface area contributed by atoms with Crippen LogP contribution in [-0.2, 0) is 0 Å². The molecule has 1 aromatic heterocycles.